The van der Waals surface area contributed by atoms with Crippen LogP contribution in [0.3, 0.4) is 0 Å². The van der Waals surface area contributed by atoms with E-state index in [0.29, 0.717) is 0 Å². The summed E-state index contributed by atoms with van der Waals surface area (Å²) in [5.41, 5.74) is 11.6. The number of anilines is 1. The zero-order valence-corrected chi connectivity index (χ0v) is 12.6. The molecule has 106 valence electrons. The fourth-order valence-electron chi connectivity index (χ4n) is 2.02. The van der Waals surface area contributed by atoms with Crippen molar-refractivity contribution in [3.63, 3.8) is 0 Å². The van der Waals surface area contributed by atoms with Gasteiger partial charge in [0.1, 0.15) is 0 Å². The van der Waals surface area contributed by atoms with Gasteiger partial charge >= 0.3 is 0 Å². The first kappa shape index (κ1) is 14.9. The monoisotopic (exact) mass is 275 g/mol. The quantitative estimate of drug-likeness (QED) is 0.604. The van der Waals surface area contributed by atoms with Crippen molar-refractivity contribution in [2.45, 2.75) is 13.8 Å². The van der Waals surface area contributed by atoms with E-state index in [9.17, 15) is 0 Å². The molecule has 0 atom stereocenters. The first-order chi connectivity index (χ1) is 10.2. The first-order valence-electron chi connectivity index (χ1n) is 7.10. The van der Waals surface area contributed by atoms with E-state index in [0.717, 1.165) is 16.8 Å². The number of benzene rings is 2. The third-order valence-electron chi connectivity index (χ3n) is 3.52. The largest absolute Gasteiger partial charge is 0.398 e. The van der Waals surface area contributed by atoms with Crippen molar-refractivity contribution in [1.82, 2.24) is 0 Å². The lowest BCUT2D eigenvalue weighted by atomic mass is 10.0. The van der Waals surface area contributed by atoms with Gasteiger partial charge in [-0.15, -0.1) is 0 Å². The third kappa shape index (κ3) is 4.22. The molecule has 0 aliphatic heterocycles. The first-order valence-corrected chi connectivity index (χ1v) is 7.10. The molecule has 2 aromatic carbocycles. The van der Waals surface area contributed by atoms with Crippen molar-refractivity contribution in [3.8, 4) is 0 Å². The molecular weight excluding hydrogens is 254 g/mol. The SMILES string of the molecule is Cc1ccc(C=CC=CC=Cc2ccccc2)c(N)c1C. The van der Waals surface area contributed by atoms with Crippen molar-refractivity contribution >= 4 is 17.8 Å². The molecule has 0 bridgehead atoms. The number of aryl methyl sites for hydroxylation is 1. The van der Waals surface area contributed by atoms with Gasteiger partial charge < -0.3 is 5.73 Å². The van der Waals surface area contributed by atoms with Crippen LogP contribution in [0.2, 0.25) is 0 Å². The molecule has 2 rings (SSSR count). The molecule has 21 heavy (non-hydrogen) atoms. The summed E-state index contributed by atoms with van der Waals surface area (Å²) in [7, 11) is 0. The number of allylic oxidation sites excluding steroid dienone is 4. The topological polar surface area (TPSA) is 26.0 Å². The van der Waals surface area contributed by atoms with Crippen molar-refractivity contribution in [2.75, 3.05) is 5.73 Å². The normalized spacial score (nSPS) is 11.9. The van der Waals surface area contributed by atoms with Gasteiger partial charge in [-0.25, -0.2) is 0 Å². The molecule has 0 saturated carbocycles. The molecule has 1 heteroatoms. The van der Waals surface area contributed by atoms with Gasteiger partial charge in [0.2, 0.25) is 0 Å². The summed E-state index contributed by atoms with van der Waals surface area (Å²) in [5, 5.41) is 0. The van der Waals surface area contributed by atoms with E-state index < -0.39 is 0 Å². The Morgan fingerprint density at radius 2 is 1.43 bits per heavy atom. The van der Waals surface area contributed by atoms with Crippen LogP contribution in [0.1, 0.15) is 22.3 Å². The summed E-state index contributed by atoms with van der Waals surface area (Å²) in [4.78, 5) is 0. The number of rotatable bonds is 4. The summed E-state index contributed by atoms with van der Waals surface area (Å²) in [6.45, 7) is 4.13. The number of nitrogens with two attached hydrogens (primary N) is 1. The zero-order valence-electron chi connectivity index (χ0n) is 12.6. The second-order valence-electron chi connectivity index (χ2n) is 5.02. The average Bonchev–Trinajstić information content (AvgIpc) is 2.51. The van der Waals surface area contributed by atoms with Crippen LogP contribution >= 0.6 is 0 Å². The number of hydrogen-bond acceptors (Lipinski definition) is 1. The summed E-state index contributed by atoms with van der Waals surface area (Å²) < 4.78 is 0. The minimum absolute atomic E-state index is 0.861. The third-order valence-corrected chi connectivity index (χ3v) is 3.52. The molecule has 0 unspecified atom stereocenters. The molecule has 2 N–H and O–H groups in total. The van der Waals surface area contributed by atoms with Crippen LogP contribution < -0.4 is 5.73 Å². The summed E-state index contributed by atoms with van der Waals surface area (Å²) in [5.74, 6) is 0. The molecule has 0 amide bonds. The van der Waals surface area contributed by atoms with Gasteiger partial charge in [-0.05, 0) is 36.1 Å². The van der Waals surface area contributed by atoms with Gasteiger partial charge in [0.15, 0.2) is 0 Å². The molecule has 0 radical (unpaired) electrons. The fraction of sp³-hybridized carbons (Fsp3) is 0.100. The van der Waals surface area contributed by atoms with E-state index in [-0.39, 0.29) is 0 Å². The molecule has 0 fully saturated rings. The number of hydrogen-bond donors (Lipinski definition) is 1. The molecule has 1 nitrogen and oxygen atoms in total. The van der Waals surface area contributed by atoms with Crippen LogP contribution in [0, 0.1) is 13.8 Å². The van der Waals surface area contributed by atoms with E-state index in [2.05, 4.69) is 44.2 Å². The Morgan fingerprint density at radius 1 is 0.762 bits per heavy atom. The smallest absolute Gasteiger partial charge is 0.0420 e. The molecule has 0 aliphatic rings. The van der Waals surface area contributed by atoms with Crippen LogP contribution in [0.5, 0.6) is 0 Å². The van der Waals surface area contributed by atoms with Crippen LogP contribution in [0.15, 0.2) is 66.8 Å². The van der Waals surface area contributed by atoms with E-state index in [1.807, 2.05) is 48.6 Å². The predicted octanol–water partition coefficient (Wildman–Crippen LogP) is 5.17. The summed E-state index contributed by atoms with van der Waals surface area (Å²) in [6, 6.07) is 14.4. The maximum absolute atomic E-state index is 6.11. The fourth-order valence-corrected chi connectivity index (χ4v) is 2.02. The Hall–Kier alpha value is -2.54. The van der Waals surface area contributed by atoms with Crippen molar-refractivity contribution in [1.29, 1.82) is 0 Å². The Morgan fingerprint density at radius 3 is 2.14 bits per heavy atom. The van der Waals surface area contributed by atoms with E-state index in [4.69, 9.17) is 5.73 Å². The standard InChI is InChI=1S/C20H21N/c1-16-14-15-19(20(21)17(16)2)13-9-4-3-6-10-18-11-7-5-8-12-18/h3-15H,21H2,1-2H3. The highest BCUT2D eigenvalue weighted by Gasteiger charge is 2.00. The Labute approximate surface area is 127 Å². The number of nitrogen functional groups attached to an aromatic ring is 1. The Balaban J connectivity index is 1.98. The van der Waals surface area contributed by atoms with Gasteiger partial charge in [0.05, 0.1) is 0 Å². The van der Waals surface area contributed by atoms with Crippen molar-refractivity contribution < 1.29 is 0 Å². The highest BCUT2D eigenvalue weighted by atomic mass is 14.6. The lowest BCUT2D eigenvalue weighted by molar-refractivity contribution is 1.34. The maximum atomic E-state index is 6.11. The van der Waals surface area contributed by atoms with E-state index in [1.54, 1.807) is 0 Å². The highest BCUT2D eigenvalue weighted by Crippen LogP contribution is 2.21. The van der Waals surface area contributed by atoms with Crippen molar-refractivity contribution in [3.05, 3.63) is 89.0 Å². The van der Waals surface area contributed by atoms with E-state index >= 15 is 0 Å². The van der Waals surface area contributed by atoms with Crippen LogP contribution in [-0.2, 0) is 0 Å². The van der Waals surface area contributed by atoms with Crippen LogP contribution in [0.25, 0.3) is 12.2 Å². The predicted molar refractivity (Wildman–Crippen MR) is 94.0 cm³/mol. The molecule has 0 saturated heterocycles. The van der Waals surface area contributed by atoms with Gasteiger partial charge in [-0.3, -0.25) is 0 Å². The minimum Gasteiger partial charge on any atom is -0.398 e. The molecule has 0 heterocycles. The second-order valence-corrected chi connectivity index (χ2v) is 5.02. The highest BCUT2D eigenvalue weighted by molar-refractivity contribution is 5.69. The molecular formula is C20H21N. The van der Waals surface area contributed by atoms with Crippen LogP contribution in [-0.4, -0.2) is 0 Å². The average molecular weight is 275 g/mol. The van der Waals surface area contributed by atoms with Crippen molar-refractivity contribution in [2.24, 2.45) is 0 Å². The van der Waals surface area contributed by atoms with Gasteiger partial charge in [0, 0.05) is 5.69 Å². The Bertz CT molecular complexity index is 676. The van der Waals surface area contributed by atoms with Gasteiger partial charge in [-0.1, -0.05) is 78.9 Å². The lowest BCUT2D eigenvalue weighted by Gasteiger charge is -2.07. The van der Waals surface area contributed by atoms with Gasteiger partial charge in [-0.2, -0.15) is 0 Å². The minimum atomic E-state index is 0.861. The molecule has 2 aromatic rings. The zero-order chi connectivity index (χ0) is 15.1. The molecule has 0 aliphatic carbocycles. The molecule has 0 spiro atoms. The summed E-state index contributed by atoms with van der Waals surface area (Å²) >= 11 is 0. The van der Waals surface area contributed by atoms with E-state index in [1.165, 1.54) is 11.1 Å². The summed E-state index contributed by atoms with van der Waals surface area (Å²) in [6.07, 6.45) is 12.2. The second kappa shape index (κ2) is 7.30. The lowest BCUT2D eigenvalue weighted by Crippen LogP contribution is -1.95. The van der Waals surface area contributed by atoms with Gasteiger partial charge in [0.25, 0.3) is 0 Å². The van der Waals surface area contributed by atoms with Crippen LogP contribution in [0.4, 0.5) is 5.69 Å². The Kier molecular flexibility index (Phi) is 5.16. The molecule has 0 aromatic heterocycles. The maximum Gasteiger partial charge on any atom is 0.0420 e.